The second-order valence-electron chi connectivity index (χ2n) is 4.39. The van der Waals surface area contributed by atoms with Crippen LogP contribution in [0.4, 0.5) is 9.18 Å². The van der Waals surface area contributed by atoms with E-state index in [9.17, 15) is 14.0 Å². The summed E-state index contributed by atoms with van der Waals surface area (Å²) in [6.07, 6.45) is -0.704. The van der Waals surface area contributed by atoms with Gasteiger partial charge in [-0.25, -0.2) is 14.0 Å². The Balaban J connectivity index is 2.12. The van der Waals surface area contributed by atoms with Gasteiger partial charge in [-0.05, 0) is 24.6 Å². The molecule has 6 heteroatoms. The number of halogens is 1. The fourth-order valence-electron chi connectivity index (χ4n) is 1.81. The van der Waals surface area contributed by atoms with E-state index in [1.807, 2.05) is 0 Å². The minimum absolute atomic E-state index is 0.0579. The summed E-state index contributed by atoms with van der Waals surface area (Å²) >= 11 is 0. The topological polar surface area (TPSA) is 66.8 Å². The first kappa shape index (κ1) is 12.3. The Morgan fingerprint density at radius 1 is 1.61 bits per heavy atom. The molecule has 1 amide bonds. The molecule has 1 unspecified atom stereocenters. The molecule has 96 valence electrons. The highest BCUT2D eigenvalue weighted by atomic mass is 19.1. The molecule has 1 fully saturated rings. The number of carboxylic acid groups (broad SMARTS) is 1. The summed E-state index contributed by atoms with van der Waals surface area (Å²) in [6.45, 7) is 1.40. The predicted molar refractivity (Wildman–Crippen MR) is 59.3 cm³/mol. The van der Waals surface area contributed by atoms with Gasteiger partial charge in [-0.3, -0.25) is 4.90 Å². The molecule has 0 aromatic heterocycles. The molecule has 1 N–H and O–H groups in total. The molecule has 0 saturated carbocycles. The number of carbonyl (C=O) groups excluding carboxylic acids is 1. The average Bonchev–Trinajstić information content (AvgIpc) is 2.55. The number of carbonyl (C=O) groups is 2. The van der Waals surface area contributed by atoms with Crippen LogP contribution in [0.1, 0.15) is 12.5 Å². The molecule has 1 atom stereocenters. The molecule has 1 aromatic carbocycles. The zero-order valence-electron chi connectivity index (χ0n) is 9.72. The highest BCUT2D eigenvalue weighted by Crippen LogP contribution is 2.24. The number of rotatable bonds is 3. The summed E-state index contributed by atoms with van der Waals surface area (Å²) in [5.41, 5.74) is -0.952. The molecule has 1 aromatic rings. The summed E-state index contributed by atoms with van der Waals surface area (Å²) in [7, 11) is 0. The summed E-state index contributed by atoms with van der Waals surface area (Å²) in [5, 5.41) is 8.95. The quantitative estimate of drug-likeness (QED) is 0.888. The molecule has 0 spiro atoms. The van der Waals surface area contributed by atoms with E-state index in [1.165, 1.54) is 30.0 Å². The molecule has 1 aliphatic heterocycles. The molecular formula is C12H12FNO4. The Bertz CT molecular complexity index is 505. The van der Waals surface area contributed by atoms with Gasteiger partial charge in [0.15, 0.2) is 0 Å². The Labute approximate surface area is 103 Å². The third-order valence-electron chi connectivity index (χ3n) is 2.78. The summed E-state index contributed by atoms with van der Waals surface area (Å²) in [4.78, 5) is 23.7. The van der Waals surface area contributed by atoms with Gasteiger partial charge in [-0.15, -0.1) is 0 Å². The monoisotopic (exact) mass is 253 g/mol. The maximum atomic E-state index is 13.0. The van der Waals surface area contributed by atoms with E-state index in [4.69, 9.17) is 9.84 Å². The number of hydrogen-bond donors (Lipinski definition) is 1. The van der Waals surface area contributed by atoms with Crippen molar-refractivity contribution in [3.05, 3.63) is 35.6 Å². The smallest absolute Gasteiger partial charge is 0.411 e. The summed E-state index contributed by atoms with van der Waals surface area (Å²) < 4.78 is 17.8. The van der Waals surface area contributed by atoms with Crippen molar-refractivity contribution in [2.45, 2.75) is 19.1 Å². The fraction of sp³-hybridized carbons (Fsp3) is 0.333. The Morgan fingerprint density at radius 3 is 2.89 bits per heavy atom. The lowest BCUT2D eigenvalue weighted by molar-refractivity contribution is -0.153. The van der Waals surface area contributed by atoms with E-state index in [0.29, 0.717) is 5.56 Å². The average molecular weight is 253 g/mol. The standard InChI is InChI=1S/C12H12FNO4/c1-12(10(15)16)7-14(11(17)18-12)6-8-3-2-4-9(13)5-8/h2-5H,6-7H2,1H3,(H,15,16). The molecule has 1 saturated heterocycles. The molecule has 2 rings (SSSR count). The first-order chi connectivity index (χ1) is 8.40. The molecule has 1 aliphatic rings. The first-order valence-corrected chi connectivity index (χ1v) is 5.36. The van der Waals surface area contributed by atoms with Crippen LogP contribution in [0.2, 0.25) is 0 Å². The lowest BCUT2D eigenvalue weighted by Crippen LogP contribution is -2.39. The number of carboxylic acids is 1. The lowest BCUT2D eigenvalue weighted by atomic mass is 10.1. The van der Waals surface area contributed by atoms with Crippen LogP contribution < -0.4 is 0 Å². The number of ether oxygens (including phenoxy) is 1. The Morgan fingerprint density at radius 2 is 2.33 bits per heavy atom. The number of amides is 1. The van der Waals surface area contributed by atoms with Gasteiger partial charge in [0.05, 0.1) is 6.54 Å². The molecule has 1 heterocycles. The second-order valence-corrected chi connectivity index (χ2v) is 4.39. The van der Waals surface area contributed by atoms with Crippen LogP contribution >= 0.6 is 0 Å². The maximum Gasteiger partial charge on any atom is 0.411 e. The molecule has 5 nitrogen and oxygen atoms in total. The van der Waals surface area contributed by atoms with Crippen molar-refractivity contribution >= 4 is 12.1 Å². The van der Waals surface area contributed by atoms with E-state index in [2.05, 4.69) is 0 Å². The normalized spacial score (nSPS) is 23.0. The van der Waals surface area contributed by atoms with Crippen molar-refractivity contribution < 1.29 is 23.8 Å². The van der Waals surface area contributed by atoms with Crippen molar-refractivity contribution in [1.29, 1.82) is 0 Å². The number of aliphatic carboxylic acids is 1. The van der Waals surface area contributed by atoms with Crippen LogP contribution in [-0.4, -0.2) is 34.2 Å². The van der Waals surface area contributed by atoms with E-state index < -0.39 is 23.5 Å². The van der Waals surface area contributed by atoms with E-state index in [1.54, 1.807) is 6.07 Å². The second kappa shape index (κ2) is 4.29. The van der Waals surface area contributed by atoms with Crippen LogP contribution in [0.25, 0.3) is 0 Å². The summed E-state index contributed by atoms with van der Waals surface area (Å²) in [6, 6.07) is 5.78. The van der Waals surface area contributed by atoms with Crippen LogP contribution in [0.15, 0.2) is 24.3 Å². The Kier molecular flexibility index (Phi) is 2.94. The molecule has 0 radical (unpaired) electrons. The SMILES string of the molecule is CC1(C(=O)O)CN(Cc2cccc(F)c2)C(=O)O1. The molecular weight excluding hydrogens is 241 g/mol. The van der Waals surface area contributed by atoms with E-state index in [-0.39, 0.29) is 13.1 Å². The van der Waals surface area contributed by atoms with E-state index >= 15 is 0 Å². The molecule has 0 bridgehead atoms. The largest absolute Gasteiger partial charge is 0.478 e. The Hall–Kier alpha value is -2.11. The van der Waals surface area contributed by atoms with Crippen molar-refractivity contribution in [2.24, 2.45) is 0 Å². The zero-order valence-corrected chi connectivity index (χ0v) is 9.72. The minimum Gasteiger partial charge on any atom is -0.478 e. The van der Waals surface area contributed by atoms with Gasteiger partial charge in [0, 0.05) is 6.54 Å². The molecule has 18 heavy (non-hydrogen) atoms. The first-order valence-electron chi connectivity index (χ1n) is 5.36. The van der Waals surface area contributed by atoms with Crippen molar-refractivity contribution in [2.75, 3.05) is 6.54 Å². The van der Waals surface area contributed by atoms with Gasteiger partial charge in [0.25, 0.3) is 0 Å². The fourth-order valence-corrected chi connectivity index (χ4v) is 1.81. The van der Waals surface area contributed by atoms with Crippen LogP contribution in [-0.2, 0) is 16.1 Å². The van der Waals surface area contributed by atoms with Crippen molar-refractivity contribution in [3.8, 4) is 0 Å². The van der Waals surface area contributed by atoms with Gasteiger partial charge in [-0.2, -0.15) is 0 Å². The van der Waals surface area contributed by atoms with Crippen LogP contribution in [0.3, 0.4) is 0 Å². The van der Waals surface area contributed by atoms with Gasteiger partial charge < -0.3 is 9.84 Å². The van der Waals surface area contributed by atoms with Crippen LogP contribution in [0, 0.1) is 5.82 Å². The third kappa shape index (κ3) is 2.27. The zero-order chi connectivity index (χ0) is 13.3. The van der Waals surface area contributed by atoms with Crippen molar-refractivity contribution in [3.63, 3.8) is 0 Å². The highest BCUT2D eigenvalue weighted by Gasteiger charge is 2.47. The number of cyclic esters (lactones) is 1. The number of nitrogens with zero attached hydrogens (tertiary/aromatic N) is 1. The van der Waals surface area contributed by atoms with Gasteiger partial charge >= 0.3 is 12.1 Å². The number of hydrogen-bond acceptors (Lipinski definition) is 3. The van der Waals surface area contributed by atoms with Gasteiger partial charge in [0.2, 0.25) is 5.60 Å². The third-order valence-corrected chi connectivity index (χ3v) is 2.78. The van der Waals surface area contributed by atoms with Crippen molar-refractivity contribution in [1.82, 2.24) is 4.90 Å². The minimum atomic E-state index is -1.54. The highest BCUT2D eigenvalue weighted by molar-refractivity contribution is 5.84. The maximum absolute atomic E-state index is 13.0. The van der Waals surface area contributed by atoms with Gasteiger partial charge in [0.1, 0.15) is 5.82 Å². The number of benzene rings is 1. The lowest BCUT2D eigenvalue weighted by Gasteiger charge is -2.16. The van der Waals surface area contributed by atoms with Gasteiger partial charge in [-0.1, -0.05) is 12.1 Å². The van der Waals surface area contributed by atoms with E-state index in [0.717, 1.165) is 0 Å². The predicted octanol–water partition coefficient (Wildman–Crippen LogP) is 1.62. The molecule has 0 aliphatic carbocycles. The summed E-state index contributed by atoms with van der Waals surface area (Å²) in [5.74, 6) is -1.60. The van der Waals surface area contributed by atoms with Crippen LogP contribution in [0.5, 0.6) is 0 Å².